The minimum Gasteiger partial charge on any atom is -0.0985 e. The van der Waals surface area contributed by atoms with Crippen molar-refractivity contribution in [1.82, 2.24) is 0 Å². The molecule has 0 aliphatic rings. The van der Waals surface area contributed by atoms with Crippen LogP contribution in [0, 0.1) is 3.57 Å². The Hall–Kier alpha value is -0.310. The quantitative estimate of drug-likeness (QED) is 0.678. The fourth-order valence-corrected chi connectivity index (χ4v) is 2.83. The summed E-state index contributed by atoms with van der Waals surface area (Å²) in [6.45, 7) is 10.5. The van der Waals surface area contributed by atoms with Gasteiger partial charge in [-0.25, -0.2) is 0 Å². The first kappa shape index (κ1) is 10.8. The molecule has 0 aliphatic carbocycles. The van der Waals surface area contributed by atoms with Gasteiger partial charge in [0.25, 0.3) is 0 Å². The van der Waals surface area contributed by atoms with E-state index in [1.165, 1.54) is 14.7 Å². The standard InChI is InChI=1S/C12H15I/c1-5-9-7-6-8-10(13)11(9)12(2,3)4/h5-8H,1H2,2-4H3. The third-order valence-electron chi connectivity index (χ3n) is 2.02. The molecule has 1 rings (SSSR count). The number of hydrogen-bond acceptors (Lipinski definition) is 0. The van der Waals surface area contributed by atoms with Crippen LogP contribution in [0.4, 0.5) is 0 Å². The predicted molar refractivity (Wildman–Crippen MR) is 68.0 cm³/mol. The van der Waals surface area contributed by atoms with Gasteiger partial charge in [0.15, 0.2) is 0 Å². The van der Waals surface area contributed by atoms with Gasteiger partial charge in [0.1, 0.15) is 0 Å². The summed E-state index contributed by atoms with van der Waals surface area (Å²) in [6.07, 6.45) is 1.93. The molecule has 0 aromatic heterocycles. The number of halogens is 1. The summed E-state index contributed by atoms with van der Waals surface area (Å²) in [7, 11) is 0. The molecule has 0 amide bonds. The summed E-state index contributed by atoms with van der Waals surface area (Å²) in [5.74, 6) is 0. The molecule has 1 aromatic carbocycles. The number of hydrogen-bond donors (Lipinski definition) is 0. The molecule has 0 radical (unpaired) electrons. The average molecular weight is 286 g/mol. The van der Waals surface area contributed by atoms with Crippen LogP contribution in [0.1, 0.15) is 31.9 Å². The molecule has 0 saturated carbocycles. The van der Waals surface area contributed by atoms with Gasteiger partial charge >= 0.3 is 0 Å². The highest BCUT2D eigenvalue weighted by atomic mass is 127. The average Bonchev–Trinajstić information content (AvgIpc) is 2.01. The highest BCUT2D eigenvalue weighted by Gasteiger charge is 2.19. The molecular formula is C12H15I. The van der Waals surface area contributed by atoms with E-state index in [4.69, 9.17) is 0 Å². The van der Waals surface area contributed by atoms with Crippen LogP contribution in [-0.4, -0.2) is 0 Å². The van der Waals surface area contributed by atoms with Crippen molar-refractivity contribution in [3.63, 3.8) is 0 Å². The second kappa shape index (κ2) is 3.82. The first-order valence-electron chi connectivity index (χ1n) is 4.38. The Labute approximate surface area is 94.2 Å². The van der Waals surface area contributed by atoms with Crippen molar-refractivity contribution in [3.8, 4) is 0 Å². The molecule has 0 atom stereocenters. The van der Waals surface area contributed by atoms with E-state index in [-0.39, 0.29) is 5.41 Å². The van der Waals surface area contributed by atoms with Crippen LogP contribution in [0.5, 0.6) is 0 Å². The Morgan fingerprint density at radius 1 is 1.31 bits per heavy atom. The lowest BCUT2D eigenvalue weighted by atomic mass is 9.84. The minimum atomic E-state index is 0.196. The third-order valence-corrected chi connectivity index (χ3v) is 2.91. The van der Waals surface area contributed by atoms with Crippen LogP contribution in [0.3, 0.4) is 0 Å². The summed E-state index contributed by atoms with van der Waals surface area (Å²) in [5.41, 5.74) is 2.84. The Kier molecular flexibility index (Phi) is 3.17. The van der Waals surface area contributed by atoms with Gasteiger partial charge in [-0.2, -0.15) is 0 Å². The van der Waals surface area contributed by atoms with Gasteiger partial charge in [-0.05, 0) is 45.2 Å². The molecule has 0 saturated heterocycles. The van der Waals surface area contributed by atoms with Crippen LogP contribution in [0.2, 0.25) is 0 Å². The van der Waals surface area contributed by atoms with Gasteiger partial charge in [-0.1, -0.05) is 45.6 Å². The highest BCUT2D eigenvalue weighted by molar-refractivity contribution is 14.1. The number of rotatable bonds is 1. The van der Waals surface area contributed by atoms with Crippen LogP contribution < -0.4 is 0 Å². The lowest BCUT2D eigenvalue weighted by Crippen LogP contribution is -2.14. The topological polar surface area (TPSA) is 0 Å². The third kappa shape index (κ3) is 2.33. The largest absolute Gasteiger partial charge is 0.0985 e. The fourth-order valence-electron chi connectivity index (χ4n) is 1.50. The van der Waals surface area contributed by atoms with Crippen LogP contribution in [0.25, 0.3) is 6.08 Å². The SMILES string of the molecule is C=Cc1cccc(I)c1C(C)(C)C. The maximum Gasteiger partial charge on any atom is 0.0173 e. The first-order valence-corrected chi connectivity index (χ1v) is 5.46. The molecule has 0 nitrogen and oxygen atoms in total. The van der Waals surface area contributed by atoms with Gasteiger partial charge < -0.3 is 0 Å². The molecule has 0 spiro atoms. The second-order valence-corrected chi connectivity index (χ2v) is 5.32. The smallest absolute Gasteiger partial charge is 0.0173 e. The molecule has 1 aromatic rings. The van der Waals surface area contributed by atoms with Gasteiger partial charge in [-0.15, -0.1) is 0 Å². The van der Waals surface area contributed by atoms with E-state index >= 15 is 0 Å². The van der Waals surface area contributed by atoms with E-state index in [0.717, 1.165) is 0 Å². The van der Waals surface area contributed by atoms with E-state index in [1.54, 1.807) is 0 Å². The van der Waals surface area contributed by atoms with E-state index in [9.17, 15) is 0 Å². The molecule has 0 heterocycles. The Morgan fingerprint density at radius 2 is 1.92 bits per heavy atom. The first-order chi connectivity index (χ1) is 5.96. The molecule has 70 valence electrons. The van der Waals surface area contributed by atoms with Crippen molar-refractivity contribution in [2.45, 2.75) is 26.2 Å². The van der Waals surface area contributed by atoms with Gasteiger partial charge in [0, 0.05) is 3.57 Å². The van der Waals surface area contributed by atoms with Crippen molar-refractivity contribution < 1.29 is 0 Å². The van der Waals surface area contributed by atoms with E-state index in [2.05, 4.69) is 68.1 Å². The van der Waals surface area contributed by atoms with Crippen LogP contribution in [0.15, 0.2) is 24.8 Å². The monoisotopic (exact) mass is 286 g/mol. The molecule has 0 N–H and O–H groups in total. The van der Waals surface area contributed by atoms with Crippen molar-refractivity contribution in [2.24, 2.45) is 0 Å². The summed E-state index contributed by atoms with van der Waals surface area (Å²) in [5, 5.41) is 0. The minimum absolute atomic E-state index is 0.196. The van der Waals surface area contributed by atoms with Gasteiger partial charge in [0.05, 0.1) is 0 Å². The summed E-state index contributed by atoms with van der Waals surface area (Å²) >= 11 is 2.39. The molecular weight excluding hydrogens is 271 g/mol. The summed E-state index contributed by atoms with van der Waals surface area (Å²) in [6, 6.07) is 6.35. The van der Waals surface area contributed by atoms with Crippen molar-refractivity contribution in [2.75, 3.05) is 0 Å². The van der Waals surface area contributed by atoms with Crippen molar-refractivity contribution >= 4 is 28.7 Å². The Balaban J connectivity index is 3.40. The van der Waals surface area contributed by atoms with Crippen LogP contribution >= 0.6 is 22.6 Å². The highest BCUT2D eigenvalue weighted by Crippen LogP contribution is 2.30. The molecule has 13 heavy (non-hydrogen) atoms. The molecule has 1 heteroatoms. The van der Waals surface area contributed by atoms with Gasteiger partial charge in [0.2, 0.25) is 0 Å². The van der Waals surface area contributed by atoms with Gasteiger partial charge in [-0.3, -0.25) is 0 Å². The molecule has 0 fully saturated rings. The zero-order valence-corrected chi connectivity index (χ0v) is 10.6. The zero-order valence-electron chi connectivity index (χ0n) is 8.39. The molecule has 0 aliphatic heterocycles. The fraction of sp³-hybridized carbons (Fsp3) is 0.333. The Morgan fingerprint density at radius 3 is 2.31 bits per heavy atom. The van der Waals surface area contributed by atoms with Crippen LogP contribution in [-0.2, 0) is 5.41 Å². The van der Waals surface area contributed by atoms with E-state index < -0.39 is 0 Å². The van der Waals surface area contributed by atoms with Crippen molar-refractivity contribution in [1.29, 1.82) is 0 Å². The summed E-state index contributed by atoms with van der Waals surface area (Å²) < 4.78 is 1.32. The lowest BCUT2D eigenvalue weighted by molar-refractivity contribution is 0.585. The van der Waals surface area contributed by atoms with E-state index in [0.29, 0.717) is 0 Å². The summed E-state index contributed by atoms with van der Waals surface area (Å²) in [4.78, 5) is 0. The molecule has 0 bridgehead atoms. The maximum absolute atomic E-state index is 3.84. The Bertz CT molecular complexity index is 318. The lowest BCUT2D eigenvalue weighted by Gasteiger charge is -2.23. The maximum atomic E-state index is 3.84. The number of benzene rings is 1. The molecule has 0 unspecified atom stereocenters. The van der Waals surface area contributed by atoms with E-state index in [1.807, 2.05) is 6.08 Å². The normalized spacial score (nSPS) is 11.4. The van der Waals surface area contributed by atoms with Crippen molar-refractivity contribution in [3.05, 3.63) is 39.5 Å². The predicted octanol–water partition coefficient (Wildman–Crippen LogP) is 4.23. The second-order valence-electron chi connectivity index (χ2n) is 4.16. The zero-order chi connectivity index (χ0) is 10.1.